The molecule has 23 heavy (non-hydrogen) atoms. The van der Waals surface area contributed by atoms with Crippen molar-refractivity contribution in [2.45, 2.75) is 6.54 Å². The first-order valence-electron chi connectivity index (χ1n) is 7.50. The van der Waals surface area contributed by atoms with Gasteiger partial charge in [0, 0.05) is 36.8 Å². The van der Waals surface area contributed by atoms with Crippen LogP contribution in [0.4, 0.5) is 0 Å². The van der Waals surface area contributed by atoms with Crippen LogP contribution in [0.3, 0.4) is 0 Å². The van der Waals surface area contributed by atoms with Gasteiger partial charge in [0.05, 0.1) is 13.2 Å². The standard InChI is InChI=1S/C16H16N4O2S/c1-2-14(16-18-15(19-22-16)13-3-8-23-11-13)17-9-12(1)10-20-4-6-21-7-5-20/h1-3,8-9,11H,4-7,10H2. The maximum absolute atomic E-state index is 5.36. The van der Waals surface area contributed by atoms with E-state index >= 15 is 0 Å². The van der Waals surface area contributed by atoms with Gasteiger partial charge in [-0.2, -0.15) is 16.3 Å². The zero-order valence-corrected chi connectivity index (χ0v) is 13.3. The molecule has 1 aliphatic rings. The number of rotatable bonds is 4. The first kappa shape index (κ1) is 14.5. The number of morpholine rings is 1. The predicted molar refractivity (Wildman–Crippen MR) is 86.9 cm³/mol. The average molecular weight is 328 g/mol. The fourth-order valence-corrected chi connectivity index (χ4v) is 3.13. The Kier molecular flexibility index (Phi) is 4.14. The molecular formula is C16H16N4O2S. The van der Waals surface area contributed by atoms with Gasteiger partial charge in [0.15, 0.2) is 0 Å². The van der Waals surface area contributed by atoms with Gasteiger partial charge < -0.3 is 9.26 Å². The summed E-state index contributed by atoms with van der Waals surface area (Å²) in [5.41, 5.74) is 2.84. The molecule has 4 rings (SSSR count). The highest BCUT2D eigenvalue weighted by Crippen LogP contribution is 2.22. The zero-order chi connectivity index (χ0) is 15.5. The molecule has 6 nitrogen and oxygen atoms in total. The molecule has 0 radical (unpaired) electrons. The molecule has 0 bridgehead atoms. The summed E-state index contributed by atoms with van der Waals surface area (Å²) in [5.74, 6) is 1.05. The molecule has 0 atom stereocenters. The fraction of sp³-hybridized carbons (Fsp3) is 0.312. The molecule has 4 heterocycles. The summed E-state index contributed by atoms with van der Waals surface area (Å²) < 4.78 is 10.7. The fourth-order valence-electron chi connectivity index (χ4n) is 2.50. The molecule has 0 N–H and O–H groups in total. The van der Waals surface area contributed by atoms with Gasteiger partial charge in [-0.25, -0.2) is 0 Å². The molecular weight excluding hydrogens is 312 g/mol. The highest BCUT2D eigenvalue weighted by Gasteiger charge is 2.13. The van der Waals surface area contributed by atoms with Crippen LogP contribution >= 0.6 is 11.3 Å². The molecule has 0 saturated carbocycles. The minimum Gasteiger partial charge on any atom is -0.379 e. The van der Waals surface area contributed by atoms with Crippen molar-refractivity contribution in [3.63, 3.8) is 0 Å². The van der Waals surface area contributed by atoms with Gasteiger partial charge in [0.2, 0.25) is 5.82 Å². The van der Waals surface area contributed by atoms with Gasteiger partial charge in [0.1, 0.15) is 5.69 Å². The highest BCUT2D eigenvalue weighted by molar-refractivity contribution is 7.08. The summed E-state index contributed by atoms with van der Waals surface area (Å²) in [6, 6.07) is 5.96. The Balaban J connectivity index is 1.47. The van der Waals surface area contributed by atoms with E-state index in [1.807, 2.05) is 29.1 Å². The van der Waals surface area contributed by atoms with Gasteiger partial charge in [-0.15, -0.1) is 0 Å². The van der Waals surface area contributed by atoms with Crippen molar-refractivity contribution < 1.29 is 9.26 Å². The van der Waals surface area contributed by atoms with Gasteiger partial charge in [-0.3, -0.25) is 9.88 Å². The van der Waals surface area contributed by atoms with Gasteiger partial charge in [0.25, 0.3) is 5.89 Å². The van der Waals surface area contributed by atoms with Crippen molar-refractivity contribution in [3.05, 3.63) is 40.7 Å². The van der Waals surface area contributed by atoms with Crippen molar-refractivity contribution in [1.29, 1.82) is 0 Å². The van der Waals surface area contributed by atoms with Crippen molar-refractivity contribution in [1.82, 2.24) is 20.0 Å². The van der Waals surface area contributed by atoms with E-state index in [2.05, 4.69) is 26.1 Å². The topological polar surface area (TPSA) is 64.3 Å². The molecule has 0 aliphatic carbocycles. The Bertz CT molecular complexity index is 749. The number of hydrogen-bond donors (Lipinski definition) is 0. The van der Waals surface area contributed by atoms with Gasteiger partial charge in [-0.1, -0.05) is 11.2 Å². The minimum absolute atomic E-state index is 0.448. The molecule has 3 aromatic heterocycles. The third-order valence-electron chi connectivity index (χ3n) is 3.76. The van der Waals surface area contributed by atoms with E-state index in [1.165, 1.54) is 5.56 Å². The van der Waals surface area contributed by atoms with Crippen LogP contribution in [0, 0.1) is 0 Å². The number of nitrogens with zero attached hydrogens (tertiary/aromatic N) is 4. The first-order valence-corrected chi connectivity index (χ1v) is 8.44. The molecule has 1 aliphatic heterocycles. The van der Waals surface area contributed by atoms with Crippen LogP contribution in [-0.4, -0.2) is 46.3 Å². The summed E-state index contributed by atoms with van der Waals surface area (Å²) in [5, 5.41) is 7.99. The summed E-state index contributed by atoms with van der Waals surface area (Å²) in [4.78, 5) is 11.2. The molecule has 7 heteroatoms. The molecule has 0 spiro atoms. The van der Waals surface area contributed by atoms with Crippen LogP contribution in [0.2, 0.25) is 0 Å². The number of ether oxygens (including phenoxy) is 1. The van der Waals surface area contributed by atoms with E-state index in [9.17, 15) is 0 Å². The molecule has 0 unspecified atom stereocenters. The highest BCUT2D eigenvalue weighted by atomic mass is 32.1. The van der Waals surface area contributed by atoms with E-state index in [1.54, 1.807) is 11.3 Å². The normalized spacial score (nSPS) is 15.8. The molecule has 0 amide bonds. The van der Waals surface area contributed by atoms with Crippen molar-refractivity contribution in [3.8, 4) is 23.0 Å². The Morgan fingerprint density at radius 1 is 1.17 bits per heavy atom. The van der Waals surface area contributed by atoms with Crippen molar-refractivity contribution in [2.75, 3.05) is 26.3 Å². The second-order valence-electron chi connectivity index (χ2n) is 5.38. The van der Waals surface area contributed by atoms with Crippen LogP contribution in [0.1, 0.15) is 5.56 Å². The third kappa shape index (κ3) is 3.31. The maximum Gasteiger partial charge on any atom is 0.276 e. The van der Waals surface area contributed by atoms with E-state index in [4.69, 9.17) is 9.26 Å². The number of hydrogen-bond acceptors (Lipinski definition) is 7. The largest absolute Gasteiger partial charge is 0.379 e. The van der Waals surface area contributed by atoms with Crippen LogP contribution < -0.4 is 0 Å². The number of thiophene rings is 1. The van der Waals surface area contributed by atoms with Crippen LogP contribution in [-0.2, 0) is 11.3 Å². The molecule has 1 saturated heterocycles. The molecule has 1 fully saturated rings. The smallest absolute Gasteiger partial charge is 0.276 e. The van der Waals surface area contributed by atoms with E-state index in [0.717, 1.165) is 38.4 Å². The van der Waals surface area contributed by atoms with Crippen LogP contribution in [0.15, 0.2) is 39.7 Å². The lowest BCUT2D eigenvalue weighted by Gasteiger charge is -2.26. The van der Waals surface area contributed by atoms with Crippen molar-refractivity contribution in [2.24, 2.45) is 0 Å². The maximum atomic E-state index is 5.36. The van der Waals surface area contributed by atoms with E-state index in [0.29, 0.717) is 17.4 Å². The molecule has 0 aromatic carbocycles. The van der Waals surface area contributed by atoms with Gasteiger partial charge in [-0.05, 0) is 23.1 Å². The van der Waals surface area contributed by atoms with E-state index in [-0.39, 0.29) is 0 Å². The summed E-state index contributed by atoms with van der Waals surface area (Å²) in [6.45, 7) is 4.43. The lowest BCUT2D eigenvalue weighted by Crippen LogP contribution is -2.35. The Hall–Kier alpha value is -2.09. The summed E-state index contributed by atoms with van der Waals surface area (Å²) >= 11 is 1.61. The minimum atomic E-state index is 0.448. The SMILES string of the molecule is c1cc(-c2noc(-c3ccc(CN4CCOCC4)cn3)n2)cs1. The lowest BCUT2D eigenvalue weighted by atomic mass is 10.2. The summed E-state index contributed by atoms with van der Waals surface area (Å²) in [6.07, 6.45) is 1.87. The Labute approximate surface area is 137 Å². The average Bonchev–Trinajstić information content (AvgIpc) is 3.28. The number of aromatic nitrogens is 3. The Morgan fingerprint density at radius 3 is 2.83 bits per heavy atom. The quantitative estimate of drug-likeness (QED) is 0.734. The second kappa shape index (κ2) is 6.57. The zero-order valence-electron chi connectivity index (χ0n) is 12.5. The molecule has 3 aromatic rings. The Morgan fingerprint density at radius 2 is 2.09 bits per heavy atom. The van der Waals surface area contributed by atoms with E-state index < -0.39 is 0 Å². The third-order valence-corrected chi connectivity index (χ3v) is 4.44. The number of pyridine rings is 1. The van der Waals surface area contributed by atoms with Gasteiger partial charge >= 0.3 is 0 Å². The molecule has 118 valence electrons. The summed E-state index contributed by atoms with van der Waals surface area (Å²) in [7, 11) is 0. The van der Waals surface area contributed by atoms with Crippen LogP contribution in [0.25, 0.3) is 23.0 Å². The van der Waals surface area contributed by atoms with Crippen molar-refractivity contribution >= 4 is 11.3 Å². The lowest BCUT2D eigenvalue weighted by molar-refractivity contribution is 0.0341. The second-order valence-corrected chi connectivity index (χ2v) is 6.16. The first-order chi connectivity index (χ1) is 11.4. The van der Waals surface area contributed by atoms with Crippen LogP contribution in [0.5, 0.6) is 0 Å². The monoisotopic (exact) mass is 328 g/mol. The predicted octanol–water partition coefficient (Wildman–Crippen LogP) is 2.69.